The van der Waals surface area contributed by atoms with Gasteiger partial charge in [-0.3, -0.25) is 0 Å². The van der Waals surface area contributed by atoms with Crippen LogP contribution < -0.4 is 0 Å². The molecule has 0 spiro atoms. The molecule has 0 nitrogen and oxygen atoms in total. The molecular weight excluding hydrogens is 263 g/mol. The van der Waals surface area contributed by atoms with E-state index in [0.717, 1.165) is 0 Å². The van der Waals surface area contributed by atoms with Crippen molar-refractivity contribution in [2.45, 2.75) is 8.63 Å². The third kappa shape index (κ3) is 18.2. The van der Waals surface area contributed by atoms with E-state index in [1.165, 1.54) is 0 Å². The minimum atomic E-state index is -1.83. The molecule has 0 aromatic heterocycles. The monoisotopic (exact) mass is 264 g/mol. The van der Waals surface area contributed by atoms with Crippen LogP contribution in [0.5, 0.6) is 0 Å². The fourth-order valence-electron chi connectivity index (χ4n) is 0. The lowest BCUT2D eigenvalue weighted by molar-refractivity contribution is 0.426. The zero-order valence-electron chi connectivity index (χ0n) is 4.93. The van der Waals surface area contributed by atoms with Crippen molar-refractivity contribution >= 4 is 58.0 Å². The van der Waals surface area contributed by atoms with Crippen molar-refractivity contribution in [3.8, 4) is 0 Å². The predicted octanol–water partition coefficient (Wildman–Crippen LogP) is 4.56. The van der Waals surface area contributed by atoms with Crippen molar-refractivity contribution in [2.24, 2.45) is 0 Å². The van der Waals surface area contributed by atoms with Crippen molar-refractivity contribution in [2.75, 3.05) is 0 Å². The molecule has 0 aromatic rings. The normalized spacial score (nSPS) is 10.5. The van der Waals surface area contributed by atoms with Crippen molar-refractivity contribution in [3.05, 3.63) is 12.7 Å². The summed E-state index contributed by atoms with van der Waals surface area (Å²) in [5.74, 6) is 0. The highest BCUT2D eigenvalue weighted by Gasteiger charge is 2.28. The van der Waals surface area contributed by atoms with Crippen LogP contribution in [0, 0.1) is 0 Å². The van der Waals surface area contributed by atoms with Gasteiger partial charge in [0.15, 0.2) is 4.84 Å². The zero-order chi connectivity index (χ0) is 9.65. The van der Waals surface area contributed by atoms with E-state index >= 15 is 0 Å². The first kappa shape index (κ1) is 14.6. The lowest BCUT2D eigenvalue weighted by Gasteiger charge is -2.09. The third-order valence-corrected chi connectivity index (χ3v) is 2.23. The van der Waals surface area contributed by atoms with E-state index in [1.807, 2.05) is 0 Å². The van der Waals surface area contributed by atoms with Crippen molar-refractivity contribution < 1.29 is 8.78 Å². The summed E-state index contributed by atoms with van der Waals surface area (Å²) >= 11 is 25.7. The number of halogens is 7. The predicted molar refractivity (Wildman–Crippen MR) is 47.1 cm³/mol. The smallest absolute Gasteiger partial charge is 0.174 e. The summed E-state index contributed by atoms with van der Waals surface area (Å²) in [6.45, 7) is 2.22. The van der Waals surface area contributed by atoms with E-state index < -0.39 is 14.7 Å². The molecule has 0 saturated carbocycles. The lowest BCUT2D eigenvalue weighted by Crippen LogP contribution is -2.11. The van der Waals surface area contributed by atoms with Gasteiger partial charge < -0.3 is 0 Å². The van der Waals surface area contributed by atoms with Gasteiger partial charge in [-0.15, -0.1) is 23.2 Å². The maximum Gasteiger partial charge on any atom is 0.263 e. The van der Waals surface area contributed by atoms with Gasteiger partial charge in [-0.25, -0.2) is 0 Å². The van der Waals surface area contributed by atoms with Gasteiger partial charge in [0.1, 0.15) is 0 Å². The van der Waals surface area contributed by atoms with Crippen LogP contribution in [0.1, 0.15) is 0 Å². The highest BCUT2D eigenvalue weighted by Crippen LogP contribution is 2.35. The molecule has 0 fully saturated rings. The number of alkyl halides is 5. The van der Waals surface area contributed by atoms with E-state index in [9.17, 15) is 8.78 Å². The van der Waals surface area contributed by atoms with E-state index in [-0.39, 0.29) is 0 Å². The van der Waals surface area contributed by atoms with Gasteiger partial charge in [-0.2, -0.15) is 8.78 Å². The van der Waals surface area contributed by atoms with Crippen LogP contribution in [0.3, 0.4) is 0 Å². The Morgan fingerprint density at radius 1 is 1.18 bits per heavy atom. The minimum Gasteiger partial charge on any atom is -0.174 e. The minimum absolute atomic E-state index is 0.961. The van der Waals surface area contributed by atoms with E-state index in [2.05, 4.69) is 6.58 Å². The molecular formula is C4H3Cl5F2. The van der Waals surface area contributed by atoms with Crippen LogP contribution in [0.15, 0.2) is 12.7 Å². The Kier molecular flexibility index (Phi) is 8.68. The van der Waals surface area contributed by atoms with Crippen molar-refractivity contribution in [1.82, 2.24) is 0 Å². The molecule has 0 aliphatic rings. The average molecular weight is 266 g/mol. The Bertz CT molecular complexity index is 114. The SMILES string of the molecule is C=C(F)F.ClC(Cl)C(Cl)(Cl)Cl. The van der Waals surface area contributed by atoms with Crippen molar-refractivity contribution in [3.63, 3.8) is 0 Å². The van der Waals surface area contributed by atoms with Gasteiger partial charge in [-0.1, -0.05) is 34.8 Å². The highest BCUT2D eigenvalue weighted by atomic mass is 35.6. The Labute approximate surface area is 88.0 Å². The van der Waals surface area contributed by atoms with Gasteiger partial charge in [-0.05, 0) is 6.58 Å². The lowest BCUT2D eigenvalue weighted by atomic mass is 10.9. The summed E-state index contributed by atoms with van der Waals surface area (Å²) in [5.41, 5.74) is 0. The Hall–Kier alpha value is 1.05. The van der Waals surface area contributed by atoms with E-state index in [0.29, 0.717) is 0 Å². The van der Waals surface area contributed by atoms with Gasteiger partial charge in [0.05, 0.1) is 0 Å². The highest BCUT2D eigenvalue weighted by molar-refractivity contribution is 6.73. The Morgan fingerprint density at radius 2 is 1.27 bits per heavy atom. The quantitative estimate of drug-likeness (QED) is 0.564. The number of hydrogen-bond acceptors (Lipinski definition) is 0. The maximum absolute atomic E-state index is 10.1. The zero-order valence-corrected chi connectivity index (χ0v) is 8.71. The summed E-state index contributed by atoms with van der Waals surface area (Å²) in [6.07, 6.45) is -1.83. The standard InChI is InChI=1S/C2HCl5.C2H2F2/c3-1(4)2(5,6)7;1-2(3)4/h1H;1H2. The van der Waals surface area contributed by atoms with Crippen LogP contribution in [0.2, 0.25) is 0 Å². The molecule has 0 radical (unpaired) electrons. The second kappa shape index (κ2) is 6.55. The molecule has 0 aliphatic heterocycles. The number of hydrogen-bond donors (Lipinski definition) is 0. The van der Waals surface area contributed by atoms with Crippen LogP contribution in [-0.4, -0.2) is 8.63 Å². The molecule has 0 unspecified atom stereocenters. The van der Waals surface area contributed by atoms with E-state index in [4.69, 9.17) is 58.0 Å². The average Bonchev–Trinajstić information content (AvgIpc) is 1.59. The van der Waals surface area contributed by atoms with Crippen LogP contribution in [0.25, 0.3) is 0 Å². The van der Waals surface area contributed by atoms with Crippen molar-refractivity contribution in [1.29, 1.82) is 0 Å². The van der Waals surface area contributed by atoms with Gasteiger partial charge in [0.25, 0.3) is 6.08 Å². The summed E-state index contributed by atoms with van der Waals surface area (Å²) in [6, 6.07) is 0. The van der Waals surface area contributed by atoms with Gasteiger partial charge >= 0.3 is 0 Å². The molecule has 7 heteroatoms. The van der Waals surface area contributed by atoms with Crippen LogP contribution >= 0.6 is 58.0 Å². The Balaban J connectivity index is 0. The molecule has 0 atom stereocenters. The van der Waals surface area contributed by atoms with Crippen LogP contribution in [0.4, 0.5) is 8.78 Å². The summed E-state index contributed by atoms with van der Waals surface area (Å²) in [7, 11) is 0. The van der Waals surface area contributed by atoms with Crippen LogP contribution in [-0.2, 0) is 0 Å². The first-order valence-corrected chi connectivity index (χ1v) is 4.03. The maximum atomic E-state index is 10.1. The fourth-order valence-corrected chi connectivity index (χ4v) is 0. The molecule has 11 heavy (non-hydrogen) atoms. The largest absolute Gasteiger partial charge is 0.263 e. The Morgan fingerprint density at radius 3 is 1.27 bits per heavy atom. The topological polar surface area (TPSA) is 0 Å². The molecule has 0 N–H and O–H groups in total. The molecule has 0 aliphatic carbocycles. The molecule has 0 amide bonds. The van der Waals surface area contributed by atoms with Gasteiger partial charge in [0, 0.05) is 0 Å². The molecule has 0 aromatic carbocycles. The van der Waals surface area contributed by atoms with E-state index in [1.54, 1.807) is 0 Å². The second-order valence-corrected chi connectivity index (χ2v) is 4.65. The molecule has 0 rings (SSSR count). The number of rotatable bonds is 0. The third-order valence-electron chi connectivity index (χ3n) is 0.247. The molecule has 0 heterocycles. The summed E-state index contributed by atoms with van der Waals surface area (Å²) in [4.78, 5) is -0.961. The summed E-state index contributed by atoms with van der Waals surface area (Å²) < 4.78 is 18.7. The van der Waals surface area contributed by atoms with Gasteiger partial charge in [0.2, 0.25) is 3.79 Å². The molecule has 0 bridgehead atoms. The molecule has 68 valence electrons. The summed E-state index contributed by atoms with van der Waals surface area (Å²) in [5, 5.41) is 0. The first-order chi connectivity index (χ1) is 4.68. The second-order valence-electron chi connectivity index (χ2n) is 1.18. The fraction of sp³-hybridized carbons (Fsp3) is 0.500. The molecule has 0 saturated heterocycles. The first-order valence-electron chi connectivity index (χ1n) is 2.02.